The first-order valence-corrected chi connectivity index (χ1v) is 9.55. The summed E-state index contributed by atoms with van der Waals surface area (Å²) in [6.07, 6.45) is 1.42. The van der Waals surface area contributed by atoms with Gasteiger partial charge in [0.15, 0.2) is 17.2 Å². The maximum Gasteiger partial charge on any atom is 0.294 e. The quantitative estimate of drug-likeness (QED) is 0.249. The number of nitrogen functional groups attached to an aromatic ring is 1. The molecule has 0 unspecified atom stereocenters. The van der Waals surface area contributed by atoms with Crippen molar-refractivity contribution in [2.75, 3.05) is 25.9 Å². The Labute approximate surface area is 177 Å². The average molecular weight is 430 g/mol. The van der Waals surface area contributed by atoms with Crippen molar-refractivity contribution in [3.05, 3.63) is 35.2 Å². The molecule has 0 bridgehead atoms. The van der Waals surface area contributed by atoms with Crippen molar-refractivity contribution < 1.29 is 24.2 Å². The van der Waals surface area contributed by atoms with Gasteiger partial charge < -0.3 is 20.5 Å². The second-order valence-electron chi connectivity index (χ2n) is 6.53. The molecule has 0 aliphatic carbocycles. The highest BCUT2D eigenvalue weighted by molar-refractivity contribution is 5.94. The van der Waals surface area contributed by atoms with Gasteiger partial charge in [-0.05, 0) is 47.9 Å². The third kappa shape index (κ3) is 4.78. The van der Waals surface area contributed by atoms with Crippen molar-refractivity contribution in [3.63, 3.8) is 0 Å². The zero-order valence-corrected chi connectivity index (χ0v) is 17.4. The lowest BCUT2D eigenvalue weighted by molar-refractivity contribution is -0.910. The lowest BCUT2D eigenvalue weighted by Crippen LogP contribution is -3.10. The van der Waals surface area contributed by atoms with Gasteiger partial charge in [-0.2, -0.15) is 9.78 Å². The van der Waals surface area contributed by atoms with Crippen molar-refractivity contribution in [2.24, 2.45) is 5.10 Å². The van der Waals surface area contributed by atoms with Gasteiger partial charge in [-0.25, -0.2) is 10.1 Å². The monoisotopic (exact) mass is 430 g/mol. The molecule has 13 heteroatoms. The second-order valence-corrected chi connectivity index (χ2v) is 6.53. The number of hydrogen-bond donors (Lipinski definition) is 4. The number of methoxy groups -OCH3 is 1. The molecule has 0 aliphatic heterocycles. The SMILES string of the molecule is CC[NH+](CC)Cc1c(C(=O)N/N=C/c2ccc(O)c(OC)c2)nnn1-c1nonc1N. The van der Waals surface area contributed by atoms with Crippen LogP contribution in [0.2, 0.25) is 0 Å². The highest BCUT2D eigenvalue weighted by Gasteiger charge is 2.26. The van der Waals surface area contributed by atoms with Crippen molar-refractivity contribution in [1.82, 2.24) is 30.7 Å². The van der Waals surface area contributed by atoms with E-state index in [1.165, 1.54) is 29.0 Å². The molecular weight excluding hydrogens is 406 g/mol. The van der Waals surface area contributed by atoms with Crippen LogP contribution in [0.25, 0.3) is 5.82 Å². The highest BCUT2D eigenvalue weighted by atomic mass is 16.6. The van der Waals surface area contributed by atoms with Crippen LogP contribution in [0, 0.1) is 0 Å². The van der Waals surface area contributed by atoms with Gasteiger partial charge in [-0.1, -0.05) is 5.21 Å². The summed E-state index contributed by atoms with van der Waals surface area (Å²) in [6.45, 7) is 6.18. The molecule has 1 aromatic carbocycles. The number of quaternary nitrogens is 1. The molecule has 0 fully saturated rings. The Bertz CT molecular complexity index is 1070. The normalized spacial score (nSPS) is 11.4. The fraction of sp³-hybridized carbons (Fsp3) is 0.333. The largest absolute Gasteiger partial charge is 0.504 e. The number of aromatic nitrogens is 5. The summed E-state index contributed by atoms with van der Waals surface area (Å²) in [5.74, 6) is -0.0587. The molecule has 0 spiro atoms. The second kappa shape index (κ2) is 9.67. The maximum absolute atomic E-state index is 12.8. The summed E-state index contributed by atoms with van der Waals surface area (Å²) in [5.41, 5.74) is 9.42. The van der Waals surface area contributed by atoms with E-state index in [0.29, 0.717) is 23.6 Å². The zero-order chi connectivity index (χ0) is 22.4. The van der Waals surface area contributed by atoms with E-state index >= 15 is 0 Å². The minimum Gasteiger partial charge on any atom is -0.504 e. The van der Waals surface area contributed by atoms with Crippen LogP contribution >= 0.6 is 0 Å². The van der Waals surface area contributed by atoms with Crippen LogP contribution in [0.1, 0.15) is 35.6 Å². The molecule has 164 valence electrons. The standard InChI is InChI=1S/C18H23N9O4/c1-4-26(5-2)10-12-15(21-25-27(12)17-16(19)23-31-24-17)18(29)22-20-9-11-6-7-13(28)14(8-11)30-3/h6-9,28H,4-5,10H2,1-3H3,(H2,19,23)(H,22,29)/p+1/b20-9+. The van der Waals surface area contributed by atoms with Gasteiger partial charge in [-0.15, -0.1) is 5.10 Å². The van der Waals surface area contributed by atoms with Crippen LogP contribution in [0.3, 0.4) is 0 Å². The number of amides is 1. The number of hydrazone groups is 1. The van der Waals surface area contributed by atoms with Gasteiger partial charge in [0.25, 0.3) is 5.91 Å². The van der Waals surface area contributed by atoms with Crippen LogP contribution in [0.5, 0.6) is 11.5 Å². The zero-order valence-electron chi connectivity index (χ0n) is 17.4. The predicted molar refractivity (Wildman–Crippen MR) is 109 cm³/mol. The number of nitrogens with one attached hydrogen (secondary N) is 2. The Kier molecular flexibility index (Phi) is 6.77. The van der Waals surface area contributed by atoms with Crippen LogP contribution in [-0.4, -0.2) is 62.7 Å². The number of anilines is 1. The van der Waals surface area contributed by atoms with Crippen LogP contribution in [-0.2, 0) is 6.54 Å². The molecule has 0 saturated heterocycles. The van der Waals surface area contributed by atoms with Crippen LogP contribution in [0.15, 0.2) is 27.9 Å². The van der Waals surface area contributed by atoms with E-state index in [9.17, 15) is 9.90 Å². The molecule has 13 nitrogen and oxygen atoms in total. The maximum atomic E-state index is 12.8. The first-order chi connectivity index (χ1) is 15.0. The Morgan fingerprint density at radius 2 is 2.16 bits per heavy atom. The highest BCUT2D eigenvalue weighted by Crippen LogP contribution is 2.25. The van der Waals surface area contributed by atoms with E-state index in [1.807, 2.05) is 13.8 Å². The number of hydrogen-bond acceptors (Lipinski definition) is 10. The van der Waals surface area contributed by atoms with Gasteiger partial charge in [0.05, 0.1) is 26.4 Å². The number of nitrogens with two attached hydrogens (primary N) is 1. The molecule has 5 N–H and O–H groups in total. The minimum absolute atomic E-state index is 0.00506. The fourth-order valence-electron chi connectivity index (χ4n) is 2.87. The summed E-state index contributed by atoms with van der Waals surface area (Å²) in [4.78, 5) is 13.9. The number of carbonyl (C=O) groups excluding carboxylic acids is 1. The third-order valence-corrected chi connectivity index (χ3v) is 4.68. The molecule has 31 heavy (non-hydrogen) atoms. The van der Waals surface area contributed by atoms with E-state index in [4.69, 9.17) is 10.5 Å². The molecular formula is C18H24N9O4+. The number of phenolic OH excluding ortho intramolecular Hbond substituents is 1. The number of benzene rings is 1. The first kappa shape index (κ1) is 21.7. The number of aromatic hydroxyl groups is 1. The fourth-order valence-corrected chi connectivity index (χ4v) is 2.87. The van der Waals surface area contributed by atoms with Crippen molar-refractivity contribution in [3.8, 4) is 17.3 Å². The number of carbonyl (C=O) groups is 1. The van der Waals surface area contributed by atoms with E-state index in [0.717, 1.165) is 13.1 Å². The number of ether oxygens (including phenoxy) is 1. The average Bonchev–Trinajstić information content (AvgIpc) is 3.38. The summed E-state index contributed by atoms with van der Waals surface area (Å²) >= 11 is 0. The van der Waals surface area contributed by atoms with E-state index < -0.39 is 5.91 Å². The number of nitrogens with zero attached hydrogens (tertiary/aromatic N) is 6. The molecule has 3 aromatic rings. The summed E-state index contributed by atoms with van der Waals surface area (Å²) < 4.78 is 11.1. The Balaban J connectivity index is 1.84. The van der Waals surface area contributed by atoms with Crippen LogP contribution in [0.4, 0.5) is 5.82 Å². The van der Waals surface area contributed by atoms with E-state index in [1.54, 1.807) is 12.1 Å². The Hall–Kier alpha value is -4.00. The number of phenols is 1. The number of rotatable bonds is 9. The van der Waals surface area contributed by atoms with E-state index in [-0.39, 0.29) is 23.1 Å². The summed E-state index contributed by atoms with van der Waals surface area (Å²) in [7, 11) is 1.44. The van der Waals surface area contributed by atoms with Crippen molar-refractivity contribution in [2.45, 2.75) is 20.4 Å². The molecule has 2 heterocycles. The van der Waals surface area contributed by atoms with Gasteiger partial charge in [-0.3, -0.25) is 4.79 Å². The van der Waals surface area contributed by atoms with E-state index in [2.05, 4.69) is 35.8 Å². The molecule has 0 atom stereocenters. The predicted octanol–water partition coefficient (Wildman–Crippen LogP) is -0.865. The van der Waals surface area contributed by atoms with Gasteiger partial charge in [0.2, 0.25) is 11.6 Å². The lowest BCUT2D eigenvalue weighted by atomic mass is 10.2. The Morgan fingerprint density at radius 3 is 2.81 bits per heavy atom. The molecule has 3 rings (SSSR count). The van der Waals surface area contributed by atoms with Gasteiger partial charge in [0, 0.05) is 0 Å². The molecule has 2 aromatic heterocycles. The molecule has 0 saturated carbocycles. The first-order valence-electron chi connectivity index (χ1n) is 9.55. The van der Waals surface area contributed by atoms with Crippen molar-refractivity contribution >= 4 is 17.9 Å². The summed E-state index contributed by atoms with van der Waals surface area (Å²) in [6, 6.07) is 4.67. The minimum atomic E-state index is -0.551. The smallest absolute Gasteiger partial charge is 0.294 e. The molecule has 0 aliphatic rings. The lowest BCUT2D eigenvalue weighted by Gasteiger charge is -2.15. The molecule has 0 radical (unpaired) electrons. The Morgan fingerprint density at radius 1 is 1.39 bits per heavy atom. The third-order valence-electron chi connectivity index (χ3n) is 4.68. The topological polar surface area (TPSA) is 171 Å². The summed E-state index contributed by atoms with van der Waals surface area (Å²) in [5, 5.41) is 28.9. The van der Waals surface area contributed by atoms with Crippen LogP contribution < -0.4 is 20.8 Å². The van der Waals surface area contributed by atoms with Gasteiger partial charge in [0.1, 0.15) is 12.2 Å². The van der Waals surface area contributed by atoms with Crippen molar-refractivity contribution in [1.29, 1.82) is 0 Å². The molecule has 1 amide bonds. The van der Waals surface area contributed by atoms with Gasteiger partial charge >= 0.3 is 0 Å².